The summed E-state index contributed by atoms with van der Waals surface area (Å²) in [6, 6.07) is 17.3. The summed E-state index contributed by atoms with van der Waals surface area (Å²) in [5, 5.41) is 12.3. The van der Waals surface area contributed by atoms with Crippen molar-refractivity contribution in [3.63, 3.8) is 0 Å². The standard InChI is InChI=1S/C25H25N3O2/c1-16-6-11-24(17(2)12-16)28-18(3)13-20(19(28)4)14-21(15-26)25(29)27-22-7-9-23(30-5)10-8-22/h6-14H,1-5H3,(H,27,29). The highest BCUT2D eigenvalue weighted by Gasteiger charge is 2.15. The third kappa shape index (κ3) is 4.28. The van der Waals surface area contributed by atoms with Gasteiger partial charge in [-0.2, -0.15) is 5.26 Å². The van der Waals surface area contributed by atoms with E-state index in [1.165, 1.54) is 11.1 Å². The summed E-state index contributed by atoms with van der Waals surface area (Å²) in [5.41, 5.74) is 6.98. The molecule has 3 rings (SSSR count). The summed E-state index contributed by atoms with van der Waals surface area (Å²) in [6.07, 6.45) is 1.64. The number of carbonyl (C=O) groups is 1. The number of carbonyl (C=O) groups excluding carboxylic acids is 1. The number of ether oxygens (including phenoxy) is 1. The van der Waals surface area contributed by atoms with Crippen molar-refractivity contribution < 1.29 is 9.53 Å². The van der Waals surface area contributed by atoms with Gasteiger partial charge in [0.2, 0.25) is 0 Å². The lowest BCUT2D eigenvalue weighted by molar-refractivity contribution is -0.112. The molecule has 0 spiro atoms. The van der Waals surface area contributed by atoms with Crippen LogP contribution in [0, 0.1) is 39.0 Å². The lowest BCUT2D eigenvalue weighted by atomic mass is 10.1. The lowest BCUT2D eigenvalue weighted by Gasteiger charge is -2.13. The third-order valence-electron chi connectivity index (χ3n) is 5.08. The van der Waals surface area contributed by atoms with E-state index in [0.29, 0.717) is 11.4 Å². The predicted molar refractivity (Wildman–Crippen MR) is 120 cm³/mol. The van der Waals surface area contributed by atoms with Gasteiger partial charge in [0.15, 0.2) is 0 Å². The summed E-state index contributed by atoms with van der Waals surface area (Å²) < 4.78 is 7.27. The van der Waals surface area contributed by atoms with E-state index in [0.717, 1.165) is 22.6 Å². The van der Waals surface area contributed by atoms with Crippen LogP contribution in [0.2, 0.25) is 0 Å². The Morgan fingerprint density at radius 1 is 1.07 bits per heavy atom. The van der Waals surface area contributed by atoms with Crippen LogP contribution in [0.25, 0.3) is 11.8 Å². The molecule has 152 valence electrons. The molecule has 30 heavy (non-hydrogen) atoms. The molecule has 0 aliphatic carbocycles. The van der Waals surface area contributed by atoms with E-state index < -0.39 is 5.91 Å². The predicted octanol–water partition coefficient (Wildman–Crippen LogP) is 5.27. The molecule has 2 aromatic carbocycles. The molecule has 0 unspecified atom stereocenters. The SMILES string of the molecule is COc1ccc(NC(=O)C(C#N)=Cc2cc(C)n(-c3ccc(C)cc3C)c2C)cc1. The van der Waals surface area contributed by atoms with Gasteiger partial charge in [0, 0.05) is 22.8 Å². The minimum atomic E-state index is -0.445. The molecule has 5 heteroatoms. The zero-order valence-electron chi connectivity index (χ0n) is 17.9. The molecule has 1 N–H and O–H groups in total. The monoisotopic (exact) mass is 399 g/mol. The van der Waals surface area contributed by atoms with E-state index in [9.17, 15) is 10.1 Å². The van der Waals surface area contributed by atoms with E-state index in [2.05, 4.69) is 41.9 Å². The second-order valence-corrected chi connectivity index (χ2v) is 7.30. The smallest absolute Gasteiger partial charge is 0.266 e. The van der Waals surface area contributed by atoms with Crippen LogP contribution in [0.15, 0.2) is 54.1 Å². The normalized spacial score (nSPS) is 11.1. The summed E-state index contributed by atoms with van der Waals surface area (Å²) >= 11 is 0. The minimum Gasteiger partial charge on any atom is -0.497 e. The van der Waals surface area contributed by atoms with Gasteiger partial charge in [0.25, 0.3) is 5.91 Å². The number of amides is 1. The van der Waals surface area contributed by atoms with Gasteiger partial charge in [0.05, 0.1) is 7.11 Å². The first-order valence-corrected chi connectivity index (χ1v) is 9.68. The zero-order chi connectivity index (χ0) is 21.8. The minimum absolute atomic E-state index is 0.0479. The number of hydrogen-bond acceptors (Lipinski definition) is 3. The van der Waals surface area contributed by atoms with Gasteiger partial charge in [-0.1, -0.05) is 17.7 Å². The Bertz CT molecular complexity index is 1160. The Morgan fingerprint density at radius 3 is 2.37 bits per heavy atom. The van der Waals surface area contributed by atoms with Crippen molar-refractivity contribution >= 4 is 17.7 Å². The Balaban J connectivity index is 1.92. The zero-order valence-corrected chi connectivity index (χ0v) is 17.9. The second-order valence-electron chi connectivity index (χ2n) is 7.30. The van der Waals surface area contributed by atoms with Crippen molar-refractivity contribution in [2.75, 3.05) is 12.4 Å². The first-order valence-electron chi connectivity index (χ1n) is 9.68. The van der Waals surface area contributed by atoms with Gasteiger partial charge in [-0.3, -0.25) is 4.79 Å². The van der Waals surface area contributed by atoms with Crippen LogP contribution in [0.3, 0.4) is 0 Å². The first kappa shape index (κ1) is 20.9. The average Bonchev–Trinajstić information content (AvgIpc) is 3.00. The van der Waals surface area contributed by atoms with E-state index in [1.807, 2.05) is 26.0 Å². The van der Waals surface area contributed by atoms with E-state index in [-0.39, 0.29) is 5.57 Å². The Kier molecular flexibility index (Phi) is 6.08. The summed E-state index contributed by atoms with van der Waals surface area (Å²) in [4.78, 5) is 12.6. The van der Waals surface area contributed by atoms with Gasteiger partial charge < -0.3 is 14.6 Å². The molecule has 5 nitrogen and oxygen atoms in total. The summed E-state index contributed by atoms with van der Waals surface area (Å²) in [5.74, 6) is 0.252. The molecular weight excluding hydrogens is 374 g/mol. The number of rotatable bonds is 5. The van der Waals surface area contributed by atoms with Crippen LogP contribution < -0.4 is 10.1 Å². The molecule has 3 aromatic rings. The van der Waals surface area contributed by atoms with Crippen LogP contribution >= 0.6 is 0 Å². The van der Waals surface area contributed by atoms with Gasteiger partial charge in [-0.15, -0.1) is 0 Å². The van der Waals surface area contributed by atoms with Crippen LogP contribution in [-0.4, -0.2) is 17.6 Å². The number of hydrogen-bond donors (Lipinski definition) is 1. The topological polar surface area (TPSA) is 67.0 Å². The number of nitrogens with zero attached hydrogens (tertiary/aromatic N) is 2. The molecule has 0 atom stereocenters. The molecule has 1 aromatic heterocycles. The van der Waals surface area contributed by atoms with Crippen molar-refractivity contribution in [3.8, 4) is 17.5 Å². The Morgan fingerprint density at radius 2 is 1.77 bits per heavy atom. The highest BCUT2D eigenvalue weighted by atomic mass is 16.5. The molecule has 0 aliphatic rings. The van der Waals surface area contributed by atoms with Crippen molar-refractivity contribution in [2.24, 2.45) is 0 Å². The maximum atomic E-state index is 12.6. The lowest BCUT2D eigenvalue weighted by Crippen LogP contribution is -2.13. The fraction of sp³-hybridized carbons (Fsp3) is 0.200. The maximum Gasteiger partial charge on any atom is 0.266 e. The number of anilines is 1. The van der Waals surface area contributed by atoms with E-state index >= 15 is 0 Å². The molecule has 1 amide bonds. The molecule has 0 fully saturated rings. The molecule has 0 aliphatic heterocycles. The summed E-state index contributed by atoms with van der Waals surface area (Å²) in [7, 11) is 1.58. The molecular formula is C25H25N3O2. The van der Waals surface area contributed by atoms with Crippen LogP contribution in [0.4, 0.5) is 5.69 Å². The highest BCUT2D eigenvalue weighted by molar-refractivity contribution is 6.09. The number of aryl methyl sites for hydroxylation is 3. The molecule has 0 bridgehead atoms. The molecule has 1 heterocycles. The van der Waals surface area contributed by atoms with Gasteiger partial charge in [-0.05, 0) is 81.3 Å². The van der Waals surface area contributed by atoms with Crippen molar-refractivity contribution in [1.29, 1.82) is 5.26 Å². The second kappa shape index (κ2) is 8.71. The van der Waals surface area contributed by atoms with Gasteiger partial charge in [-0.25, -0.2) is 0 Å². The molecule has 0 saturated heterocycles. The average molecular weight is 399 g/mol. The largest absolute Gasteiger partial charge is 0.497 e. The Labute approximate surface area is 177 Å². The van der Waals surface area contributed by atoms with E-state index in [4.69, 9.17) is 4.74 Å². The van der Waals surface area contributed by atoms with E-state index in [1.54, 1.807) is 37.5 Å². The van der Waals surface area contributed by atoms with Crippen molar-refractivity contribution in [3.05, 3.63) is 82.2 Å². The van der Waals surface area contributed by atoms with Crippen LogP contribution in [0.1, 0.15) is 28.1 Å². The Hall–Kier alpha value is -3.78. The van der Waals surface area contributed by atoms with Crippen LogP contribution in [-0.2, 0) is 4.79 Å². The van der Waals surface area contributed by atoms with Crippen LogP contribution in [0.5, 0.6) is 5.75 Å². The summed E-state index contributed by atoms with van der Waals surface area (Å²) in [6.45, 7) is 8.17. The number of nitrogens with one attached hydrogen (secondary N) is 1. The first-order chi connectivity index (χ1) is 14.3. The van der Waals surface area contributed by atoms with Crippen molar-refractivity contribution in [1.82, 2.24) is 4.57 Å². The number of methoxy groups -OCH3 is 1. The quantitative estimate of drug-likeness (QED) is 0.470. The molecule has 0 radical (unpaired) electrons. The number of nitriles is 1. The third-order valence-corrected chi connectivity index (χ3v) is 5.08. The van der Waals surface area contributed by atoms with Gasteiger partial charge in [0.1, 0.15) is 17.4 Å². The number of benzene rings is 2. The fourth-order valence-electron chi connectivity index (χ4n) is 3.54. The highest BCUT2D eigenvalue weighted by Crippen LogP contribution is 2.26. The number of aromatic nitrogens is 1. The fourth-order valence-corrected chi connectivity index (χ4v) is 3.54. The van der Waals surface area contributed by atoms with Crippen molar-refractivity contribution in [2.45, 2.75) is 27.7 Å². The van der Waals surface area contributed by atoms with Gasteiger partial charge >= 0.3 is 0 Å². The maximum absolute atomic E-state index is 12.6. The molecule has 0 saturated carbocycles.